The maximum absolute atomic E-state index is 2.32. The van der Waals surface area contributed by atoms with Gasteiger partial charge in [0.2, 0.25) is 0 Å². The maximum atomic E-state index is 2.32. The lowest BCUT2D eigenvalue weighted by Gasteiger charge is -2.30. The molecule has 3 aromatic rings. The molecule has 0 nitrogen and oxygen atoms in total. The second kappa shape index (κ2) is 6.42. The fourth-order valence-electron chi connectivity index (χ4n) is 3.38. The average molecular weight is 300 g/mol. The van der Waals surface area contributed by atoms with Crippen LogP contribution in [0.1, 0.15) is 48.9 Å². The van der Waals surface area contributed by atoms with Gasteiger partial charge in [0.25, 0.3) is 0 Å². The lowest BCUT2D eigenvalue weighted by molar-refractivity contribution is 0.627. The summed E-state index contributed by atoms with van der Waals surface area (Å²) in [6.45, 7) is 6.94. The van der Waals surface area contributed by atoms with Crippen molar-refractivity contribution in [1.29, 1.82) is 0 Å². The zero-order valence-corrected chi connectivity index (χ0v) is 14.2. The Bertz CT molecular complexity index is 754. The molecule has 0 aliphatic carbocycles. The van der Waals surface area contributed by atoms with Crippen molar-refractivity contribution in [2.24, 2.45) is 0 Å². The third-order valence-corrected chi connectivity index (χ3v) is 4.90. The van der Waals surface area contributed by atoms with Crippen LogP contribution >= 0.6 is 0 Å². The normalized spacial score (nSPS) is 12.8. The number of hydrogen-bond donors (Lipinski definition) is 0. The van der Waals surface area contributed by atoms with Crippen molar-refractivity contribution in [2.45, 2.75) is 32.1 Å². The molecule has 0 heterocycles. The lowest BCUT2D eigenvalue weighted by atomic mass is 9.73. The molecule has 0 spiro atoms. The van der Waals surface area contributed by atoms with E-state index < -0.39 is 0 Å². The molecule has 3 rings (SSSR count). The molecule has 0 N–H and O–H groups in total. The van der Waals surface area contributed by atoms with Gasteiger partial charge in [-0.2, -0.15) is 0 Å². The minimum absolute atomic E-state index is 0.0130. The van der Waals surface area contributed by atoms with E-state index in [-0.39, 0.29) is 5.41 Å². The Labute approximate surface area is 139 Å². The zero-order chi connectivity index (χ0) is 16.3. The van der Waals surface area contributed by atoms with E-state index in [0.29, 0.717) is 5.92 Å². The molecule has 0 radical (unpaired) electrons. The highest BCUT2D eigenvalue weighted by Gasteiger charge is 2.27. The van der Waals surface area contributed by atoms with Gasteiger partial charge in [0, 0.05) is 11.3 Å². The van der Waals surface area contributed by atoms with Crippen LogP contribution in [-0.2, 0) is 5.41 Å². The first kappa shape index (κ1) is 15.6. The molecule has 116 valence electrons. The Morgan fingerprint density at radius 2 is 1.17 bits per heavy atom. The van der Waals surface area contributed by atoms with Gasteiger partial charge in [-0.05, 0) is 22.3 Å². The molecular formula is C23H24. The molecule has 0 saturated carbocycles. The smallest absolute Gasteiger partial charge is 0.0149 e. The molecule has 0 saturated heterocycles. The molecule has 0 heteroatoms. The van der Waals surface area contributed by atoms with Crippen LogP contribution in [-0.4, -0.2) is 0 Å². The van der Waals surface area contributed by atoms with Crippen LogP contribution in [0.3, 0.4) is 0 Å². The van der Waals surface area contributed by atoms with E-state index in [1.165, 1.54) is 22.3 Å². The molecule has 0 aliphatic rings. The summed E-state index contributed by atoms with van der Waals surface area (Å²) in [7, 11) is 0. The van der Waals surface area contributed by atoms with Crippen LogP contribution in [0.15, 0.2) is 84.9 Å². The van der Waals surface area contributed by atoms with Crippen LogP contribution in [0.4, 0.5) is 0 Å². The molecule has 0 aromatic heterocycles. The Kier molecular flexibility index (Phi) is 4.34. The first-order valence-electron chi connectivity index (χ1n) is 8.30. The number of benzene rings is 3. The van der Waals surface area contributed by atoms with Crippen molar-refractivity contribution < 1.29 is 0 Å². The van der Waals surface area contributed by atoms with E-state index in [1.807, 2.05) is 0 Å². The summed E-state index contributed by atoms with van der Waals surface area (Å²) in [4.78, 5) is 0. The Morgan fingerprint density at radius 3 is 1.83 bits per heavy atom. The predicted octanol–water partition coefficient (Wildman–Crippen LogP) is 6.16. The Morgan fingerprint density at radius 1 is 0.652 bits per heavy atom. The highest BCUT2D eigenvalue weighted by molar-refractivity contribution is 5.46. The summed E-state index contributed by atoms with van der Waals surface area (Å²) in [6.07, 6.45) is 0. The minimum Gasteiger partial charge on any atom is -0.0622 e. The molecule has 0 bridgehead atoms. The molecule has 0 aliphatic heterocycles. The second-order valence-electron chi connectivity index (χ2n) is 6.71. The summed E-state index contributed by atoms with van der Waals surface area (Å²) in [6, 6.07) is 30.4. The molecular weight excluding hydrogens is 276 g/mol. The van der Waals surface area contributed by atoms with Crippen molar-refractivity contribution in [3.63, 3.8) is 0 Å². The van der Waals surface area contributed by atoms with E-state index in [1.54, 1.807) is 0 Å². The van der Waals surface area contributed by atoms with E-state index in [9.17, 15) is 0 Å². The van der Waals surface area contributed by atoms with Gasteiger partial charge in [-0.15, -0.1) is 0 Å². The largest absolute Gasteiger partial charge is 0.0622 e. The highest BCUT2D eigenvalue weighted by atomic mass is 14.3. The summed E-state index contributed by atoms with van der Waals surface area (Å²) < 4.78 is 0. The van der Waals surface area contributed by atoms with Gasteiger partial charge in [0.15, 0.2) is 0 Å². The number of rotatable bonds is 4. The van der Waals surface area contributed by atoms with Crippen molar-refractivity contribution >= 4 is 0 Å². The van der Waals surface area contributed by atoms with E-state index in [0.717, 1.165) is 0 Å². The van der Waals surface area contributed by atoms with Crippen LogP contribution in [0.2, 0.25) is 0 Å². The fraction of sp³-hybridized carbons (Fsp3) is 0.217. The van der Waals surface area contributed by atoms with Crippen LogP contribution in [0.25, 0.3) is 0 Å². The van der Waals surface area contributed by atoms with Gasteiger partial charge in [-0.25, -0.2) is 0 Å². The molecule has 23 heavy (non-hydrogen) atoms. The standard InChI is InChI=1S/C23H24/c1-18(19-12-6-4-7-13-19)21-16-10-11-17-22(21)23(2,3)20-14-8-5-9-15-20/h4-18H,1-3H3. The molecule has 0 amide bonds. The highest BCUT2D eigenvalue weighted by Crippen LogP contribution is 2.37. The second-order valence-corrected chi connectivity index (χ2v) is 6.71. The number of hydrogen-bond acceptors (Lipinski definition) is 0. The summed E-state index contributed by atoms with van der Waals surface area (Å²) in [5, 5.41) is 0. The van der Waals surface area contributed by atoms with Crippen LogP contribution in [0, 0.1) is 0 Å². The van der Waals surface area contributed by atoms with Gasteiger partial charge < -0.3 is 0 Å². The predicted molar refractivity (Wildman–Crippen MR) is 99.0 cm³/mol. The average Bonchev–Trinajstić information content (AvgIpc) is 2.62. The molecule has 3 aromatic carbocycles. The van der Waals surface area contributed by atoms with Gasteiger partial charge in [-0.3, -0.25) is 0 Å². The van der Waals surface area contributed by atoms with E-state index in [2.05, 4.69) is 106 Å². The Hall–Kier alpha value is -2.34. The van der Waals surface area contributed by atoms with Crippen LogP contribution < -0.4 is 0 Å². The van der Waals surface area contributed by atoms with Gasteiger partial charge in [0.1, 0.15) is 0 Å². The molecule has 1 atom stereocenters. The van der Waals surface area contributed by atoms with E-state index in [4.69, 9.17) is 0 Å². The molecule has 0 fully saturated rings. The van der Waals surface area contributed by atoms with Crippen LogP contribution in [0.5, 0.6) is 0 Å². The maximum Gasteiger partial charge on any atom is 0.0149 e. The van der Waals surface area contributed by atoms with Crippen molar-refractivity contribution in [1.82, 2.24) is 0 Å². The third kappa shape index (κ3) is 3.07. The van der Waals surface area contributed by atoms with Crippen molar-refractivity contribution in [2.75, 3.05) is 0 Å². The minimum atomic E-state index is -0.0130. The van der Waals surface area contributed by atoms with Crippen molar-refractivity contribution in [3.8, 4) is 0 Å². The SMILES string of the molecule is CC(c1ccccc1)c1ccccc1C(C)(C)c1ccccc1. The zero-order valence-electron chi connectivity index (χ0n) is 14.2. The quantitative estimate of drug-likeness (QED) is 0.541. The first-order valence-corrected chi connectivity index (χ1v) is 8.30. The van der Waals surface area contributed by atoms with Gasteiger partial charge in [0.05, 0.1) is 0 Å². The Balaban J connectivity index is 2.08. The first-order chi connectivity index (χ1) is 11.1. The van der Waals surface area contributed by atoms with Gasteiger partial charge >= 0.3 is 0 Å². The molecule has 1 unspecified atom stereocenters. The fourth-order valence-corrected chi connectivity index (χ4v) is 3.38. The summed E-state index contributed by atoms with van der Waals surface area (Å²) >= 11 is 0. The monoisotopic (exact) mass is 300 g/mol. The van der Waals surface area contributed by atoms with Gasteiger partial charge in [-0.1, -0.05) is 106 Å². The topological polar surface area (TPSA) is 0 Å². The van der Waals surface area contributed by atoms with Crippen molar-refractivity contribution in [3.05, 3.63) is 107 Å². The lowest BCUT2D eigenvalue weighted by Crippen LogP contribution is -2.21. The summed E-state index contributed by atoms with van der Waals surface area (Å²) in [5.74, 6) is 0.385. The van der Waals surface area contributed by atoms with E-state index >= 15 is 0 Å². The summed E-state index contributed by atoms with van der Waals surface area (Å²) in [5.41, 5.74) is 5.52. The third-order valence-electron chi connectivity index (χ3n) is 4.90.